The van der Waals surface area contributed by atoms with Crippen molar-refractivity contribution in [3.63, 3.8) is 0 Å². The summed E-state index contributed by atoms with van der Waals surface area (Å²) in [4.78, 5) is 3.13. The first-order valence-corrected chi connectivity index (χ1v) is 13.8. The molecule has 0 aromatic heterocycles. The van der Waals surface area contributed by atoms with Crippen molar-refractivity contribution >= 4 is 36.9 Å². The van der Waals surface area contributed by atoms with E-state index in [0.717, 1.165) is 0 Å². The van der Waals surface area contributed by atoms with Crippen molar-refractivity contribution in [1.82, 2.24) is 4.86 Å². The summed E-state index contributed by atoms with van der Waals surface area (Å²) in [7, 11) is 0. The normalized spacial score (nSPS) is 12.4. The topological polar surface area (TPSA) is 49.0 Å². The van der Waals surface area contributed by atoms with Gasteiger partial charge in [-0.25, -0.2) is 0 Å². The largest absolute Gasteiger partial charge is 0.424 e. The fourth-order valence-electron chi connectivity index (χ4n) is 2.08. The summed E-state index contributed by atoms with van der Waals surface area (Å²) >= 11 is 11.5. The van der Waals surface area contributed by atoms with Crippen LogP contribution in [0.2, 0.25) is 0 Å². The third-order valence-electron chi connectivity index (χ3n) is 2.88. The van der Waals surface area contributed by atoms with Crippen LogP contribution in [0.1, 0.15) is 27.7 Å². The van der Waals surface area contributed by atoms with Gasteiger partial charge in [-0.2, -0.15) is 4.86 Å². The van der Waals surface area contributed by atoms with Crippen LogP contribution in [-0.4, -0.2) is 12.2 Å². The molecule has 148 valence electrons. The minimum Gasteiger partial charge on any atom is -0.424 e. The van der Waals surface area contributed by atoms with E-state index in [1.54, 1.807) is 0 Å². The van der Waals surface area contributed by atoms with E-state index >= 15 is 0 Å². The van der Waals surface area contributed by atoms with Gasteiger partial charge >= 0.3 is 6.64 Å². The van der Waals surface area contributed by atoms with Crippen LogP contribution in [0.4, 0.5) is 0 Å². The molecule has 0 heterocycles. The highest BCUT2D eigenvalue weighted by molar-refractivity contribution is 8.17. The molecule has 0 radical (unpaired) electrons. The lowest BCUT2D eigenvalue weighted by Gasteiger charge is -2.32. The van der Waals surface area contributed by atoms with Crippen molar-refractivity contribution in [2.24, 2.45) is 0 Å². The lowest BCUT2D eigenvalue weighted by molar-refractivity contribution is 0.172. The maximum Gasteiger partial charge on any atom is 0.372 e. The van der Waals surface area contributed by atoms with E-state index in [-0.39, 0.29) is 12.2 Å². The smallest absolute Gasteiger partial charge is 0.372 e. The van der Waals surface area contributed by atoms with E-state index in [2.05, 4.69) is 4.86 Å². The molecule has 1 N–H and O–H groups in total. The molecule has 0 aliphatic heterocycles. The Morgan fingerprint density at radius 3 is 1.37 bits per heavy atom. The summed E-state index contributed by atoms with van der Waals surface area (Å²) in [6.45, 7) is 1.51. The molecule has 0 saturated heterocycles. The van der Waals surface area contributed by atoms with E-state index in [1.807, 2.05) is 88.4 Å². The highest BCUT2D eigenvalue weighted by atomic mass is 32.5. The predicted molar refractivity (Wildman–Crippen MR) is 118 cm³/mol. The van der Waals surface area contributed by atoms with Gasteiger partial charge in [0, 0.05) is 11.8 Å². The van der Waals surface area contributed by atoms with Crippen molar-refractivity contribution in [3.05, 3.63) is 60.7 Å². The first-order chi connectivity index (χ1) is 12.7. The maximum atomic E-state index is 6.06. The molecule has 2 aromatic carbocycles. The van der Waals surface area contributed by atoms with E-state index in [1.165, 1.54) is 0 Å². The molecule has 2 aromatic rings. The second-order valence-corrected chi connectivity index (χ2v) is 12.7. The molecule has 2 rings (SSSR count). The number of hydrogen-bond acceptors (Lipinski definition) is 6. The van der Waals surface area contributed by atoms with Gasteiger partial charge in [0.1, 0.15) is 11.5 Å². The van der Waals surface area contributed by atoms with Gasteiger partial charge in [-0.15, -0.1) is 0 Å². The SMILES string of the molecule is CC(C)OP(=S)(NP(=S)(Oc1ccccc1)Oc1ccccc1)OC(C)C. The lowest BCUT2D eigenvalue weighted by atomic mass is 10.3. The van der Waals surface area contributed by atoms with Gasteiger partial charge < -0.3 is 18.1 Å². The number of nitrogens with one attached hydrogen (secondary N) is 1. The first kappa shape index (κ1) is 22.5. The summed E-state index contributed by atoms with van der Waals surface area (Å²) in [6.07, 6.45) is -0.280. The minimum absolute atomic E-state index is 0.140. The van der Waals surface area contributed by atoms with Crippen LogP contribution in [0.3, 0.4) is 0 Å². The summed E-state index contributed by atoms with van der Waals surface area (Å²) < 4.78 is 23.9. The number of para-hydroxylation sites is 2. The molecule has 0 unspecified atom stereocenters. The van der Waals surface area contributed by atoms with Gasteiger partial charge in [0.25, 0.3) is 6.64 Å². The van der Waals surface area contributed by atoms with Crippen LogP contribution in [0.5, 0.6) is 11.5 Å². The quantitative estimate of drug-likeness (QED) is 0.448. The molecule has 0 aliphatic rings. The van der Waals surface area contributed by atoms with Gasteiger partial charge in [-0.3, -0.25) is 0 Å². The molecule has 0 amide bonds. The zero-order valence-electron chi connectivity index (χ0n) is 15.8. The first-order valence-electron chi connectivity index (χ1n) is 8.55. The van der Waals surface area contributed by atoms with E-state index < -0.39 is 13.3 Å². The van der Waals surface area contributed by atoms with Crippen LogP contribution in [0, 0.1) is 0 Å². The van der Waals surface area contributed by atoms with Gasteiger partial charge in [0.15, 0.2) is 0 Å². The van der Waals surface area contributed by atoms with E-state index in [0.29, 0.717) is 11.5 Å². The maximum absolute atomic E-state index is 6.06. The van der Waals surface area contributed by atoms with Crippen molar-refractivity contribution in [3.8, 4) is 11.5 Å². The van der Waals surface area contributed by atoms with Crippen molar-refractivity contribution in [2.75, 3.05) is 0 Å². The predicted octanol–water partition coefficient (Wildman–Crippen LogP) is 6.03. The lowest BCUT2D eigenvalue weighted by Crippen LogP contribution is -2.22. The van der Waals surface area contributed by atoms with E-state index in [9.17, 15) is 0 Å². The second kappa shape index (κ2) is 10.1. The average molecular weight is 445 g/mol. The van der Waals surface area contributed by atoms with Crippen molar-refractivity contribution in [2.45, 2.75) is 39.9 Å². The highest BCUT2D eigenvalue weighted by Crippen LogP contribution is 2.59. The molecule has 0 fully saturated rings. The Kier molecular flexibility index (Phi) is 8.44. The van der Waals surface area contributed by atoms with Gasteiger partial charge in [0.05, 0.1) is 12.2 Å². The molecule has 0 atom stereocenters. The Bertz CT molecular complexity index is 744. The van der Waals surface area contributed by atoms with Crippen LogP contribution in [-0.2, 0) is 32.7 Å². The zero-order valence-corrected chi connectivity index (χ0v) is 19.2. The molecule has 5 nitrogen and oxygen atoms in total. The Labute approximate surface area is 171 Å². The number of hydrogen-bond donors (Lipinski definition) is 1. The summed E-state index contributed by atoms with van der Waals surface area (Å²) in [5.74, 6) is 1.17. The standard InChI is InChI=1S/C18H25NO4P2S2/c1-15(2)20-24(26,21-16(3)4)19-25(27,22-17-11-7-5-8-12-17)23-18-13-9-6-10-14-18/h5-16H,1-4H3,(H,19,26,27). The summed E-state index contributed by atoms with van der Waals surface area (Å²) in [5.41, 5.74) is 0. The van der Waals surface area contributed by atoms with Crippen LogP contribution in [0.25, 0.3) is 0 Å². The fraction of sp³-hybridized carbons (Fsp3) is 0.333. The number of rotatable bonds is 10. The molecule has 0 spiro atoms. The highest BCUT2D eigenvalue weighted by Gasteiger charge is 2.34. The number of benzene rings is 2. The molecular weight excluding hydrogens is 420 g/mol. The molecule has 27 heavy (non-hydrogen) atoms. The Balaban J connectivity index is 2.34. The van der Waals surface area contributed by atoms with Crippen LogP contribution < -0.4 is 13.9 Å². The third-order valence-corrected chi connectivity index (χ3v) is 9.58. The van der Waals surface area contributed by atoms with E-state index in [4.69, 9.17) is 41.7 Å². The minimum atomic E-state index is -3.12. The molecule has 9 heteroatoms. The monoisotopic (exact) mass is 445 g/mol. The third kappa shape index (κ3) is 8.00. The second-order valence-electron chi connectivity index (χ2n) is 6.21. The Morgan fingerprint density at radius 1 is 0.667 bits per heavy atom. The molecular formula is C18H25NO4P2S2. The summed E-state index contributed by atoms with van der Waals surface area (Å²) in [6, 6.07) is 18.5. The Hall–Kier alpha value is -0.780. The fourth-order valence-corrected chi connectivity index (χ4v) is 9.93. The molecule has 0 bridgehead atoms. The van der Waals surface area contributed by atoms with Crippen molar-refractivity contribution < 1.29 is 18.1 Å². The van der Waals surface area contributed by atoms with Crippen LogP contribution in [0.15, 0.2) is 60.7 Å². The molecule has 0 aliphatic carbocycles. The van der Waals surface area contributed by atoms with Gasteiger partial charge in [-0.05, 0) is 63.8 Å². The Morgan fingerprint density at radius 2 is 1.04 bits per heavy atom. The van der Waals surface area contributed by atoms with Gasteiger partial charge in [-0.1, -0.05) is 36.4 Å². The molecule has 0 saturated carbocycles. The van der Waals surface area contributed by atoms with Gasteiger partial charge in [0.2, 0.25) is 0 Å². The summed E-state index contributed by atoms with van der Waals surface area (Å²) in [5, 5.41) is 0. The zero-order chi connectivity index (χ0) is 19.9. The average Bonchev–Trinajstić information content (AvgIpc) is 2.54. The van der Waals surface area contributed by atoms with Crippen LogP contribution >= 0.6 is 13.3 Å². The van der Waals surface area contributed by atoms with Crippen molar-refractivity contribution in [1.29, 1.82) is 0 Å².